The summed E-state index contributed by atoms with van der Waals surface area (Å²) in [7, 11) is 0. The van der Waals surface area contributed by atoms with Crippen molar-refractivity contribution in [3.8, 4) is 0 Å². The van der Waals surface area contributed by atoms with Crippen LogP contribution in [0.5, 0.6) is 0 Å². The van der Waals surface area contributed by atoms with Crippen molar-refractivity contribution in [2.24, 2.45) is 17.8 Å². The van der Waals surface area contributed by atoms with Crippen LogP contribution in [0.25, 0.3) is 0 Å². The molecule has 150 valence electrons. The minimum Gasteiger partial charge on any atom is -0.0850 e. The summed E-state index contributed by atoms with van der Waals surface area (Å²) in [5, 5.41) is 0. The number of rotatable bonds is 9. The number of hydrogen-bond acceptors (Lipinski definition) is 0. The Morgan fingerprint density at radius 3 is 2.04 bits per heavy atom. The average Bonchev–Trinajstić information content (AvgIpc) is 2.74. The summed E-state index contributed by atoms with van der Waals surface area (Å²) in [6, 6.07) is 9.48. The van der Waals surface area contributed by atoms with E-state index in [0.29, 0.717) is 0 Å². The van der Waals surface area contributed by atoms with E-state index >= 15 is 0 Å². The van der Waals surface area contributed by atoms with Gasteiger partial charge in [-0.05, 0) is 86.7 Å². The van der Waals surface area contributed by atoms with E-state index in [1.165, 1.54) is 101 Å². The van der Waals surface area contributed by atoms with Crippen molar-refractivity contribution in [1.82, 2.24) is 0 Å². The molecule has 1 atom stereocenters. The molecule has 1 unspecified atom stereocenters. The Kier molecular flexibility index (Phi) is 8.49. The maximum absolute atomic E-state index is 2.62. The molecule has 1 fully saturated rings. The molecule has 27 heavy (non-hydrogen) atoms. The Morgan fingerprint density at radius 2 is 1.44 bits per heavy atom. The van der Waals surface area contributed by atoms with Crippen molar-refractivity contribution in [3.05, 3.63) is 47.0 Å². The van der Waals surface area contributed by atoms with Crippen LogP contribution in [-0.4, -0.2) is 0 Å². The molecule has 0 aromatic heterocycles. The van der Waals surface area contributed by atoms with Crippen molar-refractivity contribution >= 4 is 0 Å². The van der Waals surface area contributed by atoms with E-state index in [0.717, 1.165) is 17.8 Å². The molecule has 0 N–H and O–H groups in total. The Morgan fingerprint density at radius 1 is 0.741 bits per heavy atom. The van der Waals surface area contributed by atoms with E-state index < -0.39 is 0 Å². The Balaban J connectivity index is 1.39. The van der Waals surface area contributed by atoms with Gasteiger partial charge in [-0.1, -0.05) is 81.9 Å². The van der Waals surface area contributed by atoms with Crippen LogP contribution in [0.3, 0.4) is 0 Å². The highest BCUT2D eigenvalue weighted by Crippen LogP contribution is 2.40. The number of unbranched alkanes of at least 4 members (excludes halogenated alkanes) is 2. The Hall–Kier alpha value is -1.04. The summed E-state index contributed by atoms with van der Waals surface area (Å²) < 4.78 is 0. The van der Waals surface area contributed by atoms with Gasteiger partial charge in [-0.2, -0.15) is 0 Å². The van der Waals surface area contributed by atoms with Gasteiger partial charge in [0.05, 0.1) is 0 Å². The molecule has 2 aliphatic carbocycles. The summed E-state index contributed by atoms with van der Waals surface area (Å²) in [4.78, 5) is 0. The highest BCUT2D eigenvalue weighted by molar-refractivity contribution is 5.24. The summed E-state index contributed by atoms with van der Waals surface area (Å²) in [6.07, 6.45) is 22.0. The third-order valence-electron chi connectivity index (χ3n) is 7.51. The summed E-state index contributed by atoms with van der Waals surface area (Å²) in [5.74, 6) is 3.06. The molecule has 0 amide bonds. The lowest BCUT2D eigenvalue weighted by Gasteiger charge is -2.35. The van der Waals surface area contributed by atoms with Gasteiger partial charge in [0.25, 0.3) is 0 Å². The van der Waals surface area contributed by atoms with Gasteiger partial charge in [0.2, 0.25) is 0 Å². The fourth-order valence-electron chi connectivity index (χ4n) is 5.39. The van der Waals surface area contributed by atoms with E-state index in [9.17, 15) is 0 Å². The van der Waals surface area contributed by atoms with Crippen LogP contribution < -0.4 is 0 Å². The standard InChI is InChI=1S/C27H42/c1-3-5-6-7-23-8-10-24(11-9-23)12-13-25-16-20-27(21-17-25)26-18-14-22(4-2)15-19-26/h8-11,16,22,26-27H,3-7,12-15,17-21H2,1-2H3. The van der Waals surface area contributed by atoms with Gasteiger partial charge in [-0.3, -0.25) is 0 Å². The zero-order valence-electron chi connectivity index (χ0n) is 18.0. The molecular formula is C27H42. The monoisotopic (exact) mass is 366 g/mol. The summed E-state index contributed by atoms with van der Waals surface area (Å²) in [5.41, 5.74) is 4.78. The fourth-order valence-corrected chi connectivity index (χ4v) is 5.39. The molecule has 0 nitrogen and oxygen atoms in total. The SMILES string of the molecule is CCCCCc1ccc(CCC2=CCC(C3CCC(CC)CC3)CC2)cc1. The predicted octanol–water partition coefficient (Wildman–Crippen LogP) is 8.29. The molecule has 1 aromatic carbocycles. The molecule has 0 radical (unpaired) electrons. The second-order valence-corrected chi connectivity index (χ2v) is 9.36. The quantitative estimate of drug-likeness (QED) is 0.304. The second kappa shape index (κ2) is 11.1. The van der Waals surface area contributed by atoms with Gasteiger partial charge in [0.1, 0.15) is 0 Å². The van der Waals surface area contributed by atoms with Crippen LogP contribution in [0.1, 0.15) is 102 Å². The van der Waals surface area contributed by atoms with Crippen LogP contribution in [0, 0.1) is 17.8 Å². The maximum atomic E-state index is 2.62. The number of hydrogen-bond donors (Lipinski definition) is 0. The van der Waals surface area contributed by atoms with Crippen LogP contribution in [0.2, 0.25) is 0 Å². The highest BCUT2D eigenvalue weighted by atomic mass is 14.3. The van der Waals surface area contributed by atoms with Crippen LogP contribution in [0.4, 0.5) is 0 Å². The van der Waals surface area contributed by atoms with Crippen molar-refractivity contribution in [3.63, 3.8) is 0 Å². The molecule has 0 heterocycles. The topological polar surface area (TPSA) is 0 Å². The van der Waals surface area contributed by atoms with Gasteiger partial charge < -0.3 is 0 Å². The smallest absolute Gasteiger partial charge is 0.0241 e. The molecule has 0 aliphatic heterocycles. The van der Waals surface area contributed by atoms with Crippen LogP contribution in [-0.2, 0) is 12.8 Å². The number of allylic oxidation sites excluding steroid dienone is 2. The second-order valence-electron chi connectivity index (χ2n) is 9.36. The van der Waals surface area contributed by atoms with Crippen molar-refractivity contribution < 1.29 is 0 Å². The number of benzene rings is 1. The van der Waals surface area contributed by atoms with Gasteiger partial charge in [-0.25, -0.2) is 0 Å². The van der Waals surface area contributed by atoms with E-state index in [1.807, 2.05) is 0 Å². The minimum atomic E-state index is 0.994. The zero-order valence-corrected chi connectivity index (χ0v) is 18.0. The zero-order chi connectivity index (χ0) is 18.9. The predicted molar refractivity (Wildman–Crippen MR) is 119 cm³/mol. The molecule has 0 spiro atoms. The first-order valence-electron chi connectivity index (χ1n) is 12.0. The molecule has 1 saturated carbocycles. The summed E-state index contributed by atoms with van der Waals surface area (Å²) in [6.45, 7) is 4.66. The van der Waals surface area contributed by atoms with E-state index in [1.54, 1.807) is 5.57 Å². The lowest BCUT2D eigenvalue weighted by molar-refractivity contribution is 0.189. The number of aryl methyl sites for hydroxylation is 2. The van der Waals surface area contributed by atoms with Gasteiger partial charge in [0, 0.05) is 0 Å². The van der Waals surface area contributed by atoms with E-state index in [-0.39, 0.29) is 0 Å². The lowest BCUT2D eigenvalue weighted by Crippen LogP contribution is -2.23. The first-order chi connectivity index (χ1) is 13.3. The lowest BCUT2D eigenvalue weighted by atomic mass is 9.71. The fraction of sp³-hybridized carbons (Fsp3) is 0.704. The van der Waals surface area contributed by atoms with Crippen molar-refractivity contribution in [2.75, 3.05) is 0 Å². The average molecular weight is 367 g/mol. The maximum Gasteiger partial charge on any atom is -0.0241 e. The normalized spacial score (nSPS) is 26.0. The first kappa shape index (κ1) is 20.7. The summed E-state index contributed by atoms with van der Waals surface area (Å²) >= 11 is 0. The largest absolute Gasteiger partial charge is 0.0850 e. The van der Waals surface area contributed by atoms with E-state index in [4.69, 9.17) is 0 Å². The molecule has 0 saturated heterocycles. The van der Waals surface area contributed by atoms with Crippen LogP contribution >= 0.6 is 0 Å². The molecule has 1 aromatic rings. The minimum absolute atomic E-state index is 0.994. The third-order valence-corrected chi connectivity index (χ3v) is 7.51. The molecular weight excluding hydrogens is 324 g/mol. The van der Waals surface area contributed by atoms with E-state index in [2.05, 4.69) is 44.2 Å². The third kappa shape index (κ3) is 6.51. The highest BCUT2D eigenvalue weighted by Gasteiger charge is 2.27. The van der Waals surface area contributed by atoms with Gasteiger partial charge >= 0.3 is 0 Å². The Bertz CT molecular complexity index is 556. The van der Waals surface area contributed by atoms with Gasteiger partial charge in [0.15, 0.2) is 0 Å². The Labute approximate surface area is 168 Å². The van der Waals surface area contributed by atoms with Crippen molar-refractivity contribution in [2.45, 2.75) is 104 Å². The molecule has 0 bridgehead atoms. The molecule has 3 rings (SSSR count). The van der Waals surface area contributed by atoms with Crippen LogP contribution in [0.15, 0.2) is 35.9 Å². The molecule has 2 aliphatic rings. The van der Waals surface area contributed by atoms with Crippen molar-refractivity contribution in [1.29, 1.82) is 0 Å². The van der Waals surface area contributed by atoms with Gasteiger partial charge in [-0.15, -0.1) is 0 Å². The first-order valence-corrected chi connectivity index (χ1v) is 12.0. The molecule has 0 heteroatoms.